The number of hydrogen-bond acceptors (Lipinski definition) is 3. The van der Waals surface area contributed by atoms with Crippen LogP contribution in [0.15, 0.2) is 42.5 Å². The Morgan fingerprint density at radius 1 is 1.03 bits per heavy atom. The zero-order chi connectivity index (χ0) is 21.4. The first-order valence-corrected chi connectivity index (χ1v) is 10.0. The first-order chi connectivity index (χ1) is 13.7. The van der Waals surface area contributed by atoms with Crippen molar-refractivity contribution in [3.63, 3.8) is 0 Å². The number of anilines is 1. The zero-order valence-electron chi connectivity index (χ0n) is 18.1. The summed E-state index contributed by atoms with van der Waals surface area (Å²) in [6, 6.07) is 13.5. The molecule has 2 aromatic carbocycles. The minimum atomic E-state index is -0.508. The van der Waals surface area contributed by atoms with Gasteiger partial charge in [0.1, 0.15) is 5.75 Å². The largest absolute Gasteiger partial charge is 0.493 e. The van der Waals surface area contributed by atoms with Crippen molar-refractivity contribution in [3.8, 4) is 5.75 Å². The SMILES string of the molecule is CNC(=O)Cc1ccc(NC(=O)C(C)(C)CCCOc2cc(C)ccc2C)cc1. The number of carbonyl (C=O) groups excluding carboxylic acids is 2. The summed E-state index contributed by atoms with van der Waals surface area (Å²) in [4.78, 5) is 24.1. The van der Waals surface area contributed by atoms with Crippen molar-refractivity contribution in [3.05, 3.63) is 59.2 Å². The molecule has 0 aromatic heterocycles. The first-order valence-electron chi connectivity index (χ1n) is 10.0. The van der Waals surface area contributed by atoms with Gasteiger partial charge in [0.15, 0.2) is 0 Å². The Labute approximate surface area is 173 Å². The zero-order valence-corrected chi connectivity index (χ0v) is 18.1. The minimum absolute atomic E-state index is 0.0247. The van der Waals surface area contributed by atoms with E-state index in [1.165, 1.54) is 5.56 Å². The van der Waals surface area contributed by atoms with Crippen LogP contribution in [0, 0.1) is 19.3 Å². The number of amides is 2. The van der Waals surface area contributed by atoms with E-state index in [1.54, 1.807) is 7.05 Å². The molecular weight excluding hydrogens is 364 g/mol. The highest BCUT2D eigenvalue weighted by Crippen LogP contribution is 2.26. The Hall–Kier alpha value is -2.82. The smallest absolute Gasteiger partial charge is 0.230 e. The molecule has 2 aromatic rings. The Balaban J connectivity index is 1.83. The second kappa shape index (κ2) is 10.1. The van der Waals surface area contributed by atoms with E-state index in [0.29, 0.717) is 13.0 Å². The molecule has 0 bridgehead atoms. The molecule has 0 saturated heterocycles. The second-order valence-corrected chi connectivity index (χ2v) is 8.11. The maximum Gasteiger partial charge on any atom is 0.230 e. The van der Waals surface area contributed by atoms with E-state index in [9.17, 15) is 9.59 Å². The molecule has 5 nitrogen and oxygen atoms in total. The van der Waals surface area contributed by atoms with E-state index in [0.717, 1.165) is 35.4 Å². The lowest BCUT2D eigenvalue weighted by Crippen LogP contribution is -2.31. The predicted octanol–water partition coefficient (Wildman–Crippen LogP) is 4.42. The van der Waals surface area contributed by atoms with Gasteiger partial charge in [0, 0.05) is 18.2 Å². The molecule has 0 spiro atoms. The Morgan fingerprint density at radius 2 is 1.72 bits per heavy atom. The van der Waals surface area contributed by atoms with Gasteiger partial charge in [-0.25, -0.2) is 0 Å². The van der Waals surface area contributed by atoms with Crippen LogP contribution >= 0.6 is 0 Å². The quantitative estimate of drug-likeness (QED) is 0.617. The van der Waals surface area contributed by atoms with Gasteiger partial charge in [0.05, 0.1) is 13.0 Å². The molecule has 2 N–H and O–H groups in total. The molecule has 2 rings (SSSR count). The fourth-order valence-corrected chi connectivity index (χ4v) is 2.95. The van der Waals surface area contributed by atoms with Crippen LogP contribution in [0.3, 0.4) is 0 Å². The van der Waals surface area contributed by atoms with Crippen molar-refractivity contribution in [1.82, 2.24) is 5.32 Å². The maximum absolute atomic E-state index is 12.7. The Kier molecular flexibility index (Phi) is 7.82. The number of benzene rings is 2. The van der Waals surface area contributed by atoms with Crippen LogP contribution < -0.4 is 15.4 Å². The molecule has 0 unspecified atom stereocenters. The number of ether oxygens (including phenoxy) is 1. The molecule has 0 aliphatic heterocycles. The Bertz CT molecular complexity index is 842. The van der Waals surface area contributed by atoms with Gasteiger partial charge in [-0.2, -0.15) is 0 Å². The summed E-state index contributed by atoms with van der Waals surface area (Å²) in [5, 5.41) is 5.57. The molecule has 0 radical (unpaired) electrons. The average Bonchev–Trinajstić information content (AvgIpc) is 2.69. The number of carbonyl (C=O) groups is 2. The topological polar surface area (TPSA) is 67.4 Å². The van der Waals surface area contributed by atoms with E-state index in [2.05, 4.69) is 22.8 Å². The molecule has 0 saturated carbocycles. The summed E-state index contributed by atoms with van der Waals surface area (Å²) in [6.07, 6.45) is 1.84. The molecule has 0 aliphatic carbocycles. The van der Waals surface area contributed by atoms with E-state index in [-0.39, 0.29) is 11.8 Å². The van der Waals surface area contributed by atoms with Crippen LogP contribution in [0.25, 0.3) is 0 Å². The molecule has 5 heteroatoms. The molecule has 29 heavy (non-hydrogen) atoms. The highest BCUT2D eigenvalue weighted by atomic mass is 16.5. The van der Waals surface area contributed by atoms with Crippen molar-refractivity contribution in [1.29, 1.82) is 0 Å². The lowest BCUT2D eigenvalue weighted by Gasteiger charge is -2.24. The van der Waals surface area contributed by atoms with Crippen LogP contribution in [0.4, 0.5) is 5.69 Å². The number of aryl methyl sites for hydroxylation is 2. The van der Waals surface area contributed by atoms with Crippen molar-refractivity contribution in [2.75, 3.05) is 19.0 Å². The number of likely N-dealkylation sites (N-methyl/N-ethyl adjacent to an activating group) is 1. The summed E-state index contributed by atoms with van der Waals surface area (Å²) in [5.74, 6) is 0.846. The van der Waals surface area contributed by atoms with Crippen molar-refractivity contribution >= 4 is 17.5 Å². The maximum atomic E-state index is 12.7. The van der Waals surface area contributed by atoms with Gasteiger partial charge in [0.2, 0.25) is 11.8 Å². The van der Waals surface area contributed by atoms with Crippen molar-refractivity contribution in [2.45, 2.75) is 47.0 Å². The molecule has 0 atom stereocenters. The molecular formula is C24H32N2O3. The molecule has 0 heterocycles. The van der Waals surface area contributed by atoms with Gasteiger partial charge >= 0.3 is 0 Å². The Morgan fingerprint density at radius 3 is 2.38 bits per heavy atom. The number of nitrogens with one attached hydrogen (secondary N) is 2. The van der Waals surface area contributed by atoms with Crippen molar-refractivity contribution < 1.29 is 14.3 Å². The molecule has 0 fully saturated rings. The van der Waals surface area contributed by atoms with Gasteiger partial charge in [0.25, 0.3) is 0 Å². The summed E-state index contributed by atoms with van der Waals surface area (Å²) in [7, 11) is 1.62. The standard InChI is InChI=1S/C24H32N2O3/c1-17-7-8-18(2)21(15-17)29-14-6-13-24(3,4)23(28)26-20-11-9-19(10-12-20)16-22(27)25-5/h7-12,15H,6,13-14,16H2,1-5H3,(H,25,27)(H,26,28). The van der Waals surface area contributed by atoms with E-state index < -0.39 is 5.41 Å². The fourth-order valence-electron chi connectivity index (χ4n) is 2.95. The average molecular weight is 397 g/mol. The van der Waals surface area contributed by atoms with Crippen molar-refractivity contribution in [2.24, 2.45) is 5.41 Å². The number of rotatable bonds is 9. The summed E-state index contributed by atoms with van der Waals surface area (Å²) in [6.45, 7) is 8.55. The van der Waals surface area contributed by atoms with Crippen LogP contribution in [0.5, 0.6) is 5.75 Å². The van der Waals surface area contributed by atoms with Crippen LogP contribution in [0.1, 0.15) is 43.4 Å². The van der Waals surface area contributed by atoms with Gasteiger partial charge in [-0.3, -0.25) is 9.59 Å². The lowest BCUT2D eigenvalue weighted by atomic mass is 9.87. The van der Waals surface area contributed by atoms with E-state index in [1.807, 2.05) is 58.0 Å². The highest BCUT2D eigenvalue weighted by molar-refractivity contribution is 5.94. The normalized spacial score (nSPS) is 11.1. The lowest BCUT2D eigenvalue weighted by molar-refractivity contribution is -0.124. The van der Waals surface area contributed by atoms with Gasteiger partial charge in [-0.05, 0) is 61.6 Å². The van der Waals surface area contributed by atoms with Gasteiger partial charge in [-0.1, -0.05) is 38.1 Å². The predicted molar refractivity (Wildman–Crippen MR) is 117 cm³/mol. The fraction of sp³-hybridized carbons (Fsp3) is 0.417. The molecule has 0 aliphatic rings. The summed E-state index contributed by atoms with van der Waals surface area (Å²) >= 11 is 0. The minimum Gasteiger partial charge on any atom is -0.493 e. The molecule has 156 valence electrons. The third kappa shape index (κ3) is 6.93. The van der Waals surface area contributed by atoms with Crippen LogP contribution in [-0.2, 0) is 16.0 Å². The third-order valence-electron chi connectivity index (χ3n) is 5.02. The van der Waals surface area contributed by atoms with Crippen LogP contribution in [-0.4, -0.2) is 25.5 Å². The van der Waals surface area contributed by atoms with Gasteiger partial charge in [-0.15, -0.1) is 0 Å². The van der Waals surface area contributed by atoms with E-state index >= 15 is 0 Å². The monoisotopic (exact) mass is 396 g/mol. The van der Waals surface area contributed by atoms with Crippen LogP contribution in [0.2, 0.25) is 0 Å². The second-order valence-electron chi connectivity index (χ2n) is 8.11. The molecule has 2 amide bonds. The number of hydrogen-bond donors (Lipinski definition) is 2. The highest BCUT2D eigenvalue weighted by Gasteiger charge is 2.27. The first kappa shape index (κ1) is 22.5. The third-order valence-corrected chi connectivity index (χ3v) is 5.02. The van der Waals surface area contributed by atoms with E-state index in [4.69, 9.17) is 4.74 Å². The van der Waals surface area contributed by atoms with Gasteiger partial charge < -0.3 is 15.4 Å². The summed E-state index contributed by atoms with van der Waals surface area (Å²) in [5.41, 5.74) is 3.42. The summed E-state index contributed by atoms with van der Waals surface area (Å²) < 4.78 is 5.90.